The number of aromatic nitrogens is 3. The van der Waals surface area contributed by atoms with E-state index in [0.29, 0.717) is 6.54 Å². The van der Waals surface area contributed by atoms with Crippen molar-refractivity contribution in [3.05, 3.63) is 30.2 Å². The first kappa shape index (κ1) is 17.7. The second-order valence-electron chi connectivity index (χ2n) is 4.77. The molecule has 2 N–H and O–H groups in total. The van der Waals surface area contributed by atoms with Gasteiger partial charge in [-0.3, -0.25) is 9.20 Å². The molecule has 2 aromatic rings. The molecule has 1 saturated heterocycles. The topological polar surface area (TPSA) is 71.3 Å². The lowest BCUT2D eigenvalue weighted by Crippen LogP contribution is -2.46. The lowest BCUT2D eigenvalue weighted by Gasteiger charge is -2.22. The van der Waals surface area contributed by atoms with Gasteiger partial charge in [0.15, 0.2) is 11.5 Å². The van der Waals surface area contributed by atoms with Crippen LogP contribution in [0.2, 0.25) is 0 Å². The van der Waals surface area contributed by atoms with E-state index in [1.54, 1.807) is 0 Å². The summed E-state index contributed by atoms with van der Waals surface area (Å²) >= 11 is 0. The molecule has 1 aliphatic rings. The molecule has 1 fully saturated rings. The van der Waals surface area contributed by atoms with Gasteiger partial charge in [-0.25, -0.2) is 0 Å². The first-order chi connectivity index (χ1) is 9.34. The van der Waals surface area contributed by atoms with Crippen LogP contribution in [0.3, 0.4) is 0 Å². The van der Waals surface area contributed by atoms with Crippen LogP contribution in [-0.2, 0) is 11.3 Å². The Morgan fingerprint density at radius 1 is 1.33 bits per heavy atom. The normalized spacial score (nSPS) is 17.6. The summed E-state index contributed by atoms with van der Waals surface area (Å²) in [6.45, 7) is 1.33. The number of piperidine rings is 1. The monoisotopic (exact) mass is 331 g/mol. The van der Waals surface area contributed by atoms with Crippen LogP contribution >= 0.6 is 24.8 Å². The van der Waals surface area contributed by atoms with Crippen molar-refractivity contribution >= 4 is 36.4 Å². The van der Waals surface area contributed by atoms with E-state index >= 15 is 0 Å². The Morgan fingerprint density at radius 2 is 2.19 bits per heavy atom. The predicted octanol–water partition coefficient (Wildman–Crippen LogP) is 1.33. The van der Waals surface area contributed by atoms with E-state index < -0.39 is 0 Å². The summed E-state index contributed by atoms with van der Waals surface area (Å²) in [6.07, 6.45) is 5.07. The van der Waals surface area contributed by atoms with E-state index in [1.807, 2.05) is 28.8 Å². The number of hydrogen-bond donors (Lipinski definition) is 2. The average molecular weight is 332 g/mol. The number of nitrogens with zero attached hydrogens (tertiary/aromatic N) is 3. The molecule has 0 radical (unpaired) electrons. The predicted molar refractivity (Wildman–Crippen MR) is 85.0 cm³/mol. The van der Waals surface area contributed by atoms with Crippen LogP contribution < -0.4 is 10.6 Å². The summed E-state index contributed by atoms with van der Waals surface area (Å²) in [5, 5.41) is 14.3. The zero-order chi connectivity index (χ0) is 13.1. The van der Waals surface area contributed by atoms with Crippen LogP contribution in [0, 0.1) is 0 Å². The van der Waals surface area contributed by atoms with Gasteiger partial charge >= 0.3 is 0 Å². The number of amides is 1. The fourth-order valence-corrected chi connectivity index (χ4v) is 2.38. The highest BCUT2D eigenvalue weighted by atomic mass is 35.5. The summed E-state index contributed by atoms with van der Waals surface area (Å²) in [6, 6.07) is 5.66. The zero-order valence-corrected chi connectivity index (χ0v) is 13.1. The minimum atomic E-state index is -0.0621. The van der Waals surface area contributed by atoms with E-state index in [9.17, 15) is 4.79 Å². The van der Waals surface area contributed by atoms with Gasteiger partial charge < -0.3 is 10.6 Å². The number of carbonyl (C=O) groups is 1. The van der Waals surface area contributed by atoms with Crippen molar-refractivity contribution in [3.63, 3.8) is 0 Å². The Balaban J connectivity index is 0.00000110. The van der Waals surface area contributed by atoms with Gasteiger partial charge in [0.2, 0.25) is 5.91 Å². The van der Waals surface area contributed by atoms with E-state index in [2.05, 4.69) is 20.8 Å². The Hall–Kier alpha value is -1.37. The Morgan fingerprint density at radius 3 is 2.95 bits per heavy atom. The Bertz CT molecular complexity index is 583. The Labute approximate surface area is 135 Å². The zero-order valence-electron chi connectivity index (χ0n) is 11.5. The molecular weight excluding hydrogens is 313 g/mol. The second kappa shape index (κ2) is 8.17. The number of fused-ring (bicyclic) bond motifs is 1. The molecule has 8 heteroatoms. The lowest BCUT2D eigenvalue weighted by atomic mass is 10.0. The third-order valence-corrected chi connectivity index (χ3v) is 3.43. The van der Waals surface area contributed by atoms with E-state index in [-0.39, 0.29) is 36.8 Å². The first-order valence-corrected chi connectivity index (χ1v) is 6.64. The average Bonchev–Trinajstić information content (AvgIpc) is 2.89. The molecule has 0 saturated carbocycles. The molecule has 2 aromatic heterocycles. The van der Waals surface area contributed by atoms with Gasteiger partial charge in [0.25, 0.3) is 0 Å². The molecule has 0 aromatic carbocycles. The molecule has 21 heavy (non-hydrogen) atoms. The highest BCUT2D eigenvalue weighted by Gasteiger charge is 2.20. The summed E-state index contributed by atoms with van der Waals surface area (Å²) in [7, 11) is 0. The number of nitrogens with one attached hydrogen (secondary N) is 2. The molecule has 0 unspecified atom stereocenters. The second-order valence-corrected chi connectivity index (χ2v) is 4.77. The van der Waals surface area contributed by atoms with Crippen LogP contribution in [0.25, 0.3) is 5.65 Å². The number of rotatable bonds is 3. The van der Waals surface area contributed by atoms with Crippen LogP contribution in [0.4, 0.5) is 0 Å². The fraction of sp³-hybridized carbons (Fsp3) is 0.462. The lowest BCUT2D eigenvalue weighted by molar-refractivity contribution is -0.123. The van der Waals surface area contributed by atoms with Gasteiger partial charge in [0, 0.05) is 6.20 Å². The SMILES string of the molecule is Cl.Cl.O=C(NCc1nnc2ccccn12)[C@H]1CCCCN1. The maximum Gasteiger partial charge on any atom is 0.237 e. The number of hydrogen-bond acceptors (Lipinski definition) is 4. The third-order valence-electron chi connectivity index (χ3n) is 3.43. The van der Waals surface area contributed by atoms with Gasteiger partial charge in [0.1, 0.15) is 0 Å². The molecule has 3 rings (SSSR count). The fourth-order valence-electron chi connectivity index (χ4n) is 2.38. The van der Waals surface area contributed by atoms with Crippen LogP contribution in [0.5, 0.6) is 0 Å². The number of pyridine rings is 1. The summed E-state index contributed by atoms with van der Waals surface area (Å²) in [5.74, 6) is 0.798. The molecule has 1 amide bonds. The molecule has 0 aliphatic carbocycles. The highest BCUT2D eigenvalue weighted by molar-refractivity contribution is 5.85. The minimum absolute atomic E-state index is 0. The van der Waals surface area contributed by atoms with Crippen LogP contribution in [-0.4, -0.2) is 33.1 Å². The molecule has 1 atom stereocenters. The van der Waals surface area contributed by atoms with E-state index in [0.717, 1.165) is 37.3 Å². The first-order valence-electron chi connectivity index (χ1n) is 6.64. The van der Waals surface area contributed by atoms with Crippen molar-refractivity contribution in [2.24, 2.45) is 0 Å². The van der Waals surface area contributed by atoms with E-state index in [4.69, 9.17) is 0 Å². The quantitative estimate of drug-likeness (QED) is 0.890. The summed E-state index contributed by atoms with van der Waals surface area (Å²) in [5.41, 5.74) is 0.794. The van der Waals surface area contributed by atoms with E-state index in [1.165, 1.54) is 0 Å². The number of halogens is 2. The van der Waals surface area contributed by atoms with Crippen molar-refractivity contribution in [2.75, 3.05) is 6.54 Å². The van der Waals surface area contributed by atoms with Crippen molar-refractivity contribution < 1.29 is 4.79 Å². The molecule has 6 nitrogen and oxygen atoms in total. The largest absolute Gasteiger partial charge is 0.347 e. The van der Waals surface area contributed by atoms with Gasteiger partial charge in [-0.1, -0.05) is 12.5 Å². The van der Waals surface area contributed by atoms with Gasteiger partial charge in [-0.15, -0.1) is 35.0 Å². The smallest absolute Gasteiger partial charge is 0.237 e. The summed E-state index contributed by atoms with van der Waals surface area (Å²) in [4.78, 5) is 12.0. The van der Waals surface area contributed by atoms with Crippen LogP contribution in [0.15, 0.2) is 24.4 Å². The standard InChI is InChI=1S/C13H17N5O.2ClH/c19-13(10-5-1-3-7-14-10)15-9-12-17-16-11-6-2-4-8-18(11)12;;/h2,4,6,8,10,14H,1,3,5,7,9H2,(H,15,19);2*1H/t10-;;/m1../s1. The van der Waals surface area contributed by atoms with Crippen molar-refractivity contribution in [1.82, 2.24) is 25.2 Å². The minimum Gasteiger partial charge on any atom is -0.347 e. The maximum atomic E-state index is 12.0. The maximum absolute atomic E-state index is 12.0. The van der Waals surface area contributed by atoms with Crippen molar-refractivity contribution in [2.45, 2.75) is 31.8 Å². The van der Waals surface area contributed by atoms with Gasteiger partial charge in [0.05, 0.1) is 12.6 Å². The van der Waals surface area contributed by atoms with Gasteiger partial charge in [-0.2, -0.15) is 0 Å². The molecule has 116 valence electrons. The highest BCUT2D eigenvalue weighted by Crippen LogP contribution is 2.07. The molecule has 3 heterocycles. The van der Waals surface area contributed by atoms with Crippen molar-refractivity contribution in [1.29, 1.82) is 0 Å². The molecule has 0 spiro atoms. The third kappa shape index (κ3) is 4.06. The van der Waals surface area contributed by atoms with Crippen molar-refractivity contribution in [3.8, 4) is 0 Å². The molecule has 1 aliphatic heterocycles. The van der Waals surface area contributed by atoms with Gasteiger partial charge in [-0.05, 0) is 31.5 Å². The molecular formula is C13H19Cl2N5O. The molecule has 0 bridgehead atoms. The summed E-state index contributed by atoms with van der Waals surface area (Å²) < 4.78 is 1.88. The van der Waals surface area contributed by atoms with Crippen LogP contribution in [0.1, 0.15) is 25.1 Å². The number of carbonyl (C=O) groups excluding carboxylic acids is 1. The Kier molecular flexibility index (Phi) is 6.87.